The lowest BCUT2D eigenvalue weighted by Crippen LogP contribution is -2.35. The average Bonchev–Trinajstić information content (AvgIpc) is 2.93. The maximum atomic E-state index is 13.4. The van der Waals surface area contributed by atoms with Crippen LogP contribution in [0.1, 0.15) is 31.2 Å². The molecule has 0 spiro atoms. The number of methoxy groups -OCH3 is 1. The van der Waals surface area contributed by atoms with Crippen molar-refractivity contribution in [2.75, 3.05) is 20.2 Å². The predicted octanol–water partition coefficient (Wildman–Crippen LogP) is 2.93. The van der Waals surface area contributed by atoms with Gasteiger partial charge in [-0.15, -0.1) is 0 Å². The van der Waals surface area contributed by atoms with Gasteiger partial charge in [-0.3, -0.25) is 4.90 Å². The van der Waals surface area contributed by atoms with Crippen molar-refractivity contribution in [2.45, 2.75) is 31.7 Å². The lowest BCUT2D eigenvalue weighted by molar-refractivity contribution is 0.260. The first-order chi connectivity index (χ1) is 9.17. The van der Waals surface area contributed by atoms with Crippen LogP contribution in [0.2, 0.25) is 0 Å². The smallest absolute Gasteiger partial charge is 0.123 e. The highest BCUT2D eigenvalue weighted by Crippen LogP contribution is 2.32. The van der Waals surface area contributed by atoms with Crippen molar-refractivity contribution in [1.29, 1.82) is 5.26 Å². The number of nitriles is 1. The van der Waals surface area contributed by atoms with Gasteiger partial charge in [-0.2, -0.15) is 5.26 Å². The number of ether oxygens (including phenoxy) is 1. The van der Waals surface area contributed by atoms with Crippen LogP contribution in [0.3, 0.4) is 0 Å². The van der Waals surface area contributed by atoms with Gasteiger partial charge >= 0.3 is 0 Å². The van der Waals surface area contributed by atoms with E-state index in [2.05, 4.69) is 11.0 Å². The second-order valence-electron chi connectivity index (χ2n) is 4.99. The molecule has 1 fully saturated rings. The largest absolute Gasteiger partial charge is 0.496 e. The Morgan fingerprint density at radius 3 is 2.63 bits per heavy atom. The van der Waals surface area contributed by atoms with Crippen molar-refractivity contribution in [1.82, 2.24) is 4.90 Å². The van der Waals surface area contributed by atoms with E-state index in [0.717, 1.165) is 31.5 Å². The van der Waals surface area contributed by atoms with E-state index in [1.807, 2.05) is 6.92 Å². The molecule has 19 heavy (non-hydrogen) atoms. The SMILES string of the molecule is COc1ccc(F)cc1C(C)C(C#N)N1CCCC1. The molecule has 0 bridgehead atoms. The number of nitrogens with zero attached hydrogens (tertiary/aromatic N) is 2. The Morgan fingerprint density at radius 2 is 2.05 bits per heavy atom. The number of likely N-dealkylation sites (tertiary alicyclic amines) is 1. The van der Waals surface area contributed by atoms with Crippen LogP contribution in [0.15, 0.2) is 18.2 Å². The van der Waals surface area contributed by atoms with Gasteiger partial charge in [0.1, 0.15) is 17.6 Å². The second kappa shape index (κ2) is 6.03. The minimum atomic E-state index is -0.291. The maximum absolute atomic E-state index is 13.4. The first-order valence-corrected chi connectivity index (χ1v) is 6.64. The van der Waals surface area contributed by atoms with Gasteiger partial charge in [-0.1, -0.05) is 6.92 Å². The van der Waals surface area contributed by atoms with Crippen molar-refractivity contribution in [2.24, 2.45) is 0 Å². The van der Waals surface area contributed by atoms with Crippen LogP contribution < -0.4 is 4.74 Å². The molecular weight excluding hydrogens is 243 g/mol. The van der Waals surface area contributed by atoms with Gasteiger partial charge in [0, 0.05) is 11.5 Å². The molecule has 2 atom stereocenters. The molecule has 1 heterocycles. The average molecular weight is 262 g/mol. The van der Waals surface area contributed by atoms with E-state index in [9.17, 15) is 9.65 Å². The third-order valence-corrected chi connectivity index (χ3v) is 3.82. The minimum absolute atomic E-state index is 0.0752. The third-order valence-electron chi connectivity index (χ3n) is 3.82. The normalized spacial score (nSPS) is 18.8. The van der Waals surface area contributed by atoms with E-state index in [-0.39, 0.29) is 17.8 Å². The number of benzene rings is 1. The maximum Gasteiger partial charge on any atom is 0.123 e. The van der Waals surface area contributed by atoms with Gasteiger partial charge in [0.2, 0.25) is 0 Å². The Morgan fingerprint density at radius 1 is 1.37 bits per heavy atom. The molecule has 0 aromatic heterocycles. The summed E-state index contributed by atoms with van der Waals surface area (Å²) in [5.74, 6) is 0.280. The molecule has 0 amide bonds. The highest BCUT2D eigenvalue weighted by molar-refractivity contribution is 5.38. The molecule has 2 rings (SSSR count). The molecule has 1 aliphatic heterocycles. The van der Waals surface area contributed by atoms with Crippen LogP contribution in [0.25, 0.3) is 0 Å². The van der Waals surface area contributed by atoms with Gasteiger partial charge in [0.25, 0.3) is 0 Å². The highest BCUT2D eigenvalue weighted by Gasteiger charge is 2.29. The Kier molecular flexibility index (Phi) is 4.39. The molecule has 102 valence electrons. The second-order valence-corrected chi connectivity index (χ2v) is 4.99. The topological polar surface area (TPSA) is 36.3 Å². The lowest BCUT2D eigenvalue weighted by atomic mass is 9.92. The van der Waals surface area contributed by atoms with Gasteiger partial charge < -0.3 is 4.74 Å². The van der Waals surface area contributed by atoms with Gasteiger partial charge in [-0.25, -0.2) is 4.39 Å². The summed E-state index contributed by atoms with van der Waals surface area (Å²) in [6.07, 6.45) is 2.26. The number of rotatable bonds is 4. The van der Waals surface area contributed by atoms with Crippen molar-refractivity contribution < 1.29 is 9.13 Å². The van der Waals surface area contributed by atoms with E-state index in [1.54, 1.807) is 13.2 Å². The summed E-state index contributed by atoms with van der Waals surface area (Å²) >= 11 is 0. The number of hydrogen-bond donors (Lipinski definition) is 0. The van der Waals surface area contributed by atoms with Crippen molar-refractivity contribution >= 4 is 0 Å². The summed E-state index contributed by atoms with van der Waals surface area (Å²) in [5.41, 5.74) is 0.765. The molecule has 4 heteroatoms. The van der Waals surface area contributed by atoms with Gasteiger partial charge in [-0.05, 0) is 44.1 Å². The Balaban J connectivity index is 2.28. The lowest BCUT2D eigenvalue weighted by Gasteiger charge is -2.28. The van der Waals surface area contributed by atoms with E-state index in [1.165, 1.54) is 12.1 Å². The molecule has 2 unspecified atom stereocenters. The molecule has 3 nitrogen and oxygen atoms in total. The Hall–Kier alpha value is -1.60. The van der Waals surface area contributed by atoms with E-state index in [4.69, 9.17) is 4.74 Å². The Bertz CT molecular complexity index is 478. The first-order valence-electron chi connectivity index (χ1n) is 6.64. The van der Waals surface area contributed by atoms with E-state index >= 15 is 0 Å². The van der Waals surface area contributed by atoms with Crippen LogP contribution in [-0.2, 0) is 0 Å². The van der Waals surface area contributed by atoms with Crippen LogP contribution in [0.4, 0.5) is 4.39 Å². The van der Waals surface area contributed by atoms with Crippen LogP contribution in [0, 0.1) is 17.1 Å². The quantitative estimate of drug-likeness (QED) is 0.837. The molecule has 0 N–H and O–H groups in total. The third kappa shape index (κ3) is 2.87. The van der Waals surface area contributed by atoms with Crippen molar-refractivity contribution in [3.63, 3.8) is 0 Å². The van der Waals surface area contributed by atoms with E-state index < -0.39 is 0 Å². The van der Waals surface area contributed by atoms with Gasteiger partial charge in [0.15, 0.2) is 0 Å². The molecule has 1 aromatic carbocycles. The zero-order valence-corrected chi connectivity index (χ0v) is 11.4. The summed E-state index contributed by atoms with van der Waals surface area (Å²) < 4.78 is 18.7. The molecular formula is C15H19FN2O. The van der Waals surface area contributed by atoms with Gasteiger partial charge in [0.05, 0.1) is 13.2 Å². The summed E-state index contributed by atoms with van der Waals surface area (Å²) in [4.78, 5) is 2.18. The molecule has 0 radical (unpaired) electrons. The zero-order valence-electron chi connectivity index (χ0n) is 11.4. The molecule has 1 saturated heterocycles. The summed E-state index contributed by atoms with van der Waals surface area (Å²) in [5, 5.41) is 9.42. The zero-order chi connectivity index (χ0) is 13.8. The number of halogens is 1. The monoisotopic (exact) mass is 262 g/mol. The standard InChI is InChI=1S/C15H19FN2O/c1-11(14(10-17)18-7-3-4-8-18)13-9-12(16)5-6-15(13)19-2/h5-6,9,11,14H,3-4,7-8H2,1-2H3. The summed E-state index contributed by atoms with van der Waals surface area (Å²) in [7, 11) is 1.57. The first kappa shape index (κ1) is 13.8. The molecule has 1 aliphatic rings. The Labute approximate surface area is 113 Å². The molecule has 0 saturated carbocycles. The summed E-state index contributed by atoms with van der Waals surface area (Å²) in [6, 6.07) is 6.62. The summed E-state index contributed by atoms with van der Waals surface area (Å²) in [6.45, 7) is 3.85. The van der Waals surface area contributed by atoms with Crippen LogP contribution in [0.5, 0.6) is 5.75 Å². The van der Waals surface area contributed by atoms with E-state index in [0.29, 0.717) is 5.75 Å². The van der Waals surface area contributed by atoms with Crippen LogP contribution in [-0.4, -0.2) is 31.1 Å². The highest BCUT2D eigenvalue weighted by atomic mass is 19.1. The minimum Gasteiger partial charge on any atom is -0.496 e. The van der Waals surface area contributed by atoms with Crippen LogP contribution >= 0.6 is 0 Å². The fraction of sp³-hybridized carbons (Fsp3) is 0.533. The van der Waals surface area contributed by atoms with Crippen molar-refractivity contribution in [3.05, 3.63) is 29.6 Å². The fourth-order valence-electron chi connectivity index (χ4n) is 2.76. The molecule has 0 aliphatic carbocycles. The molecule has 1 aromatic rings. The number of hydrogen-bond acceptors (Lipinski definition) is 3. The predicted molar refractivity (Wildman–Crippen MR) is 71.6 cm³/mol. The van der Waals surface area contributed by atoms with Crippen molar-refractivity contribution in [3.8, 4) is 11.8 Å². The fourth-order valence-corrected chi connectivity index (χ4v) is 2.76.